The molecule has 1 aliphatic heterocycles. The monoisotopic (exact) mass is 687 g/mol. The van der Waals surface area contributed by atoms with Gasteiger partial charge in [0.2, 0.25) is 10.0 Å². The normalized spacial score (nSPS) is 17.1. The van der Waals surface area contributed by atoms with E-state index >= 15 is 0 Å². The highest BCUT2D eigenvalue weighted by Crippen LogP contribution is 2.30. The van der Waals surface area contributed by atoms with Crippen LogP contribution in [0.5, 0.6) is 11.5 Å². The molecule has 0 aromatic heterocycles. The number of carbonyl (C=O) groups excluding carboxylic acids is 2. The number of carbonyl (C=O) groups is 3. The molecule has 1 aliphatic rings. The number of nitrogens with zero attached hydrogens (tertiary/aromatic N) is 1. The molecule has 3 atom stereocenters. The molecule has 4 aromatic carbocycles. The number of sulfonamides is 1. The maximum absolute atomic E-state index is 13.9. The molecule has 1 amide bonds. The summed E-state index contributed by atoms with van der Waals surface area (Å²) in [6.07, 6.45) is -0.788. The SMILES string of the molecule is CC(C)[C@H](NS(=O)(=O)c1ccc2ccccc2c1)C1=NOC(COc2ccccc2)(C(=O)NC(CC(=O)COc2ccccc2)C(=O)O)C1. The highest BCUT2D eigenvalue weighted by atomic mass is 32.2. The molecular weight excluding hydrogens is 650 g/mol. The molecule has 2 unspecified atom stereocenters. The Labute approximate surface area is 284 Å². The van der Waals surface area contributed by atoms with Gasteiger partial charge in [-0.15, -0.1) is 0 Å². The third-order valence-corrected chi connectivity index (χ3v) is 9.39. The Bertz CT molecular complexity index is 1940. The van der Waals surface area contributed by atoms with Crippen molar-refractivity contribution in [3.8, 4) is 11.5 Å². The summed E-state index contributed by atoms with van der Waals surface area (Å²) in [6.45, 7) is 2.79. The summed E-state index contributed by atoms with van der Waals surface area (Å²) in [5, 5.41) is 18.1. The van der Waals surface area contributed by atoms with E-state index in [-0.39, 0.29) is 22.9 Å². The molecule has 3 N–H and O–H groups in total. The molecule has 12 nitrogen and oxygen atoms in total. The van der Waals surface area contributed by atoms with Gasteiger partial charge in [0.1, 0.15) is 30.8 Å². The number of nitrogens with one attached hydrogen (secondary N) is 2. The Balaban J connectivity index is 1.34. The van der Waals surface area contributed by atoms with Gasteiger partial charge in [-0.05, 0) is 53.1 Å². The van der Waals surface area contributed by atoms with Crippen molar-refractivity contribution in [3.05, 3.63) is 103 Å². The van der Waals surface area contributed by atoms with Crippen LogP contribution in [-0.4, -0.2) is 67.8 Å². The highest BCUT2D eigenvalue weighted by Gasteiger charge is 2.51. The number of hydrogen-bond donors (Lipinski definition) is 3. The number of ketones is 1. The fourth-order valence-electron chi connectivity index (χ4n) is 5.27. The lowest BCUT2D eigenvalue weighted by atomic mass is 9.90. The molecule has 0 spiro atoms. The molecule has 0 fully saturated rings. The van der Waals surface area contributed by atoms with Gasteiger partial charge in [0.25, 0.3) is 11.5 Å². The first-order valence-electron chi connectivity index (χ1n) is 15.6. The molecule has 0 saturated carbocycles. The van der Waals surface area contributed by atoms with Crippen molar-refractivity contribution in [1.82, 2.24) is 10.0 Å². The van der Waals surface area contributed by atoms with Crippen molar-refractivity contribution < 1.29 is 42.2 Å². The van der Waals surface area contributed by atoms with Gasteiger partial charge in [0, 0.05) is 12.8 Å². The smallest absolute Gasteiger partial charge is 0.326 e. The number of rotatable bonds is 16. The summed E-state index contributed by atoms with van der Waals surface area (Å²) < 4.78 is 41.3. The zero-order valence-electron chi connectivity index (χ0n) is 26.9. The molecule has 0 radical (unpaired) electrons. The summed E-state index contributed by atoms with van der Waals surface area (Å²) >= 11 is 0. The van der Waals surface area contributed by atoms with Crippen molar-refractivity contribution in [2.75, 3.05) is 13.2 Å². The first kappa shape index (κ1) is 35.0. The number of oxime groups is 1. The second kappa shape index (κ2) is 15.3. The average molecular weight is 688 g/mol. The average Bonchev–Trinajstić information content (AvgIpc) is 3.54. The number of benzene rings is 4. The minimum atomic E-state index is -4.06. The summed E-state index contributed by atoms with van der Waals surface area (Å²) in [7, 11) is -4.06. The summed E-state index contributed by atoms with van der Waals surface area (Å²) in [6, 6.07) is 26.8. The van der Waals surface area contributed by atoms with Gasteiger partial charge in [-0.3, -0.25) is 9.59 Å². The number of fused-ring (bicyclic) bond motifs is 1. The van der Waals surface area contributed by atoms with Crippen LogP contribution in [0.3, 0.4) is 0 Å². The summed E-state index contributed by atoms with van der Waals surface area (Å²) in [5.74, 6) is -2.39. The number of amides is 1. The maximum atomic E-state index is 13.9. The maximum Gasteiger partial charge on any atom is 0.326 e. The van der Waals surface area contributed by atoms with Crippen LogP contribution in [0.1, 0.15) is 26.7 Å². The van der Waals surface area contributed by atoms with Gasteiger partial charge >= 0.3 is 5.97 Å². The van der Waals surface area contributed by atoms with Crippen LogP contribution < -0.4 is 19.5 Å². The van der Waals surface area contributed by atoms with Crippen molar-refractivity contribution >= 4 is 44.2 Å². The number of Topliss-reactive ketones (excluding diaryl/α,β-unsaturated/α-hetero) is 1. The van der Waals surface area contributed by atoms with Crippen LogP contribution in [-0.2, 0) is 29.2 Å². The molecule has 0 aliphatic carbocycles. The topological polar surface area (TPSA) is 170 Å². The predicted octanol–water partition coefficient (Wildman–Crippen LogP) is 4.34. The van der Waals surface area contributed by atoms with Gasteiger partial charge in [0.15, 0.2) is 5.78 Å². The van der Waals surface area contributed by atoms with Crippen LogP contribution in [0, 0.1) is 5.92 Å². The second-order valence-electron chi connectivity index (χ2n) is 12.0. The lowest BCUT2D eigenvalue weighted by Crippen LogP contribution is -2.56. The quantitative estimate of drug-likeness (QED) is 0.155. The third kappa shape index (κ3) is 8.80. The Hall–Kier alpha value is -5.27. The van der Waals surface area contributed by atoms with E-state index in [0.29, 0.717) is 11.5 Å². The number of carboxylic acid groups (broad SMARTS) is 1. The number of aliphatic carboxylic acids is 1. The molecule has 4 aromatic rings. The first-order valence-corrected chi connectivity index (χ1v) is 17.1. The Morgan fingerprint density at radius 2 is 1.49 bits per heavy atom. The summed E-state index contributed by atoms with van der Waals surface area (Å²) in [5.41, 5.74) is -1.67. The summed E-state index contributed by atoms with van der Waals surface area (Å²) in [4.78, 5) is 44.6. The lowest BCUT2D eigenvalue weighted by molar-refractivity contribution is -0.153. The van der Waals surface area contributed by atoms with Gasteiger partial charge in [0.05, 0.1) is 16.6 Å². The van der Waals surface area contributed by atoms with Gasteiger partial charge < -0.3 is 24.7 Å². The van der Waals surface area contributed by atoms with Crippen molar-refractivity contribution in [2.45, 2.75) is 49.3 Å². The van der Waals surface area contributed by atoms with Gasteiger partial charge in [-0.1, -0.05) is 85.7 Å². The fourth-order valence-corrected chi connectivity index (χ4v) is 6.67. The Morgan fingerprint density at radius 1 is 0.878 bits per heavy atom. The van der Waals surface area contributed by atoms with Crippen LogP contribution in [0.4, 0.5) is 0 Å². The minimum Gasteiger partial charge on any atom is -0.489 e. The first-order chi connectivity index (χ1) is 23.5. The lowest BCUT2D eigenvalue weighted by Gasteiger charge is -2.28. The largest absolute Gasteiger partial charge is 0.489 e. The van der Waals surface area contributed by atoms with Crippen molar-refractivity contribution in [2.24, 2.45) is 11.1 Å². The van der Waals surface area contributed by atoms with E-state index in [4.69, 9.17) is 14.3 Å². The van der Waals surface area contributed by atoms with Crippen LogP contribution >= 0.6 is 0 Å². The zero-order valence-corrected chi connectivity index (χ0v) is 27.8. The van der Waals surface area contributed by atoms with Crippen LogP contribution in [0.2, 0.25) is 0 Å². The molecule has 13 heteroatoms. The highest BCUT2D eigenvalue weighted by molar-refractivity contribution is 7.89. The van der Waals surface area contributed by atoms with E-state index in [1.807, 2.05) is 24.3 Å². The molecular formula is C36H37N3O9S. The van der Waals surface area contributed by atoms with E-state index in [1.165, 1.54) is 6.07 Å². The minimum absolute atomic E-state index is 0.0537. The van der Waals surface area contributed by atoms with Crippen LogP contribution in [0.15, 0.2) is 113 Å². The van der Waals surface area contributed by atoms with Gasteiger partial charge in [-0.25, -0.2) is 17.9 Å². The number of carboxylic acids is 1. The Kier molecular flexibility index (Phi) is 10.9. The molecule has 0 saturated heterocycles. The fraction of sp³-hybridized carbons (Fsp3) is 0.278. The predicted molar refractivity (Wildman–Crippen MR) is 182 cm³/mol. The molecule has 0 bridgehead atoms. The van der Waals surface area contributed by atoms with Crippen LogP contribution in [0.25, 0.3) is 10.8 Å². The van der Waals surface area contributed by atoms with E-state index in [1.54, 1.807) is 86.6 Å². The van der Waals surface area contributed by atoms with E-state index in [2.05, 4.69) is 15.2 Å². The number of para-hydroxylation sites is 2. The standard InChI is InChI=1S/C36H37N3O9S/c1-24(2)33(39-49(44,45)30-18-17-25-11-9-10-12-26(25)19-30)32-21-36(48-38-32,23-47-29-15-7-4-8-16-29)35(43)37-31(34(41)42)20-27(40)22-46-28-13-5-3-6-14-28/h3-19,24,31,33,39H,20-23H2,1-2H3,(H,37,43)(H,41,42)/t31?,33-,36?/m0/s1. The van der Waals surface area contributed by atoms with Crippen molar-refractivity contribution in [1.29, 1.82) is 0 Å². The van der Waals surface area contributed by atoms with E-state index in [9.17, 15) is 27.9 Å². The molecule has 5 rings (SSSR count). The zero-order chi connectivity index (χ0) is 35.0. The van der Waals surface area contributed by atoms with Gasteiger partial charge in [-0.2, -0.15) is 0 Å². The van der Waals surface area contributed by atoms with Crippen molar-refractivity contribution in [3.63, 3.8) is 0 Å². The Morgan fingerprint density at radius 3 is 2.12 bits per heavy atom. The number of ether oxygens (including phenoxy) is 2. The molecule has 1 heterocycles. The third-order valence-electron chi connectivity index (χ3n) is 7.95. The molecule has 49 heavy (non-hydrogen) atoms. The van der Waals surface area contributed by atoms with E-state index in [0.717, 1.165) is 10.8 Å². The second-order valence-corrected chi connectivity index (χ2v) is 13.7. The van der Waals surface area contributed by atoms with E-state index < -0.39 is 65.0 Å². The number of hydrogen-bond acceptors (Lipinski definition) is 9. The molecule has 256 valence electrons.